The highest BCUT2D eigenvalue weighted by Gasteiger charge is 2.29. The maximum absolute atomic E-state index is 12.6. The number of anilines is 2. The molecule has 1 aromatic carbocycles. The molecule has 1 atom stereocenters. The van der Waals surface area contributed by atoms with E-state index >= 15 is 0 Å². The molecule has 1 aromatic heterocycles. The molecule has 152 valence electrons. The maximum atomic E-state index is 12.6. The minimum absolute atomic E-state index is 0.0289. The Bertz CT molecular complexity index is 987. The van der Waals surface area contributed by atoms with Crippen LogP contribution in [0.5, 0.6) is 0 Å². The third kappa shape index (κ3) is 5.46. The zero-order valence-electron chi connectivity index (χ0n) is 16.0. The third-order valence-corrected chi connectivity index (χ3v) is 5.35. The van der Waals surface area contributed by atoms with Crippen LogP contribution in [0.15, 0.2) is 30.6 Å². The molecule has 3 N–H and O–H groups in total. The largest absolute Gasteiger partial charge is 0.322 e. The summed E-state index contributed by atoms with van der Waals surface area (Å²) in [6.45, 7) is 5.20. The second kappa shape index (κ2) is 7.73. The van der Waals surface area contributed by atoms with Gasteiger partial charge in [-0.25, -0.2) is 8.42 Å². The van der Waals surface area contributed by atoms with Crippen LogP contribution < -0.4 is 15.4 Å². The Kier molecular flexibility index (Phi) is 5.69. The SMILES string of the molecule is CC1(C)CC(n2cc(C(=O)Nc3cc(Cl)cc(NS(C)(=O)=O)c3)cn2)CCN1. The number of nitrogens with zero attached hydrogens (tertiary/aromatic N) is 2. The number of amides is 1. The Morgan fingerprint density at radius 3 is 2.71 bits per heavy atom. The number of hydrogen-bond donors (Lipinski definition) is 3. The molecule has 0 aliphatic carbocycles. The molecule has 1 fully saturated rings. The van der Waals surface area contributed by atoms with Crippen LogP contribution in [-0.2, 0) is 10.0 Å². The molecule has 0 saturated carbocycles. The molecule has 8 nitrogen and oxygen atoms in total. The Morgan fingerprint density at radius 2 is 2.04 bits per heavy atom. The van der Waals surface area contributed by atoms with Crippen LogP contribution >= 0.6 is 11.6 Å². The van der Waals surface area contributed by atoms with Gasteiger partial charge in [0, 0.05) is 22.4 Å². The van der Waals surface area contributed by atoms with Gasteiger partial charge in [0.15, 0.2) is 0 Å². The first-order valence-corrected chi connectivity index (χ1v) is 11.2. The van der Waals surface area contributed by atoms with Crippen LogP contribution in [0, 0.1) is 0 Å². The van der Waals surface area contributed by atoms with Crippen molar-refractivity contribution in [3.05, 3.63) is 41.2 Å². The maximum Gasteiger partial charge on any atom is 0.258 e. The first-order chi connectivity index (χ1) is 13.0. The van der Waals surface area contributed by atoms with Crippen molar-refractivity contribution in [3.63, 3.8) is 0 Å². The summed E-state index contributed by atoms with van der Waals surface area (Å²) in [5.41, 5.74) is 1.12. The van der Waals surface area contributed by atoms with Gasteiger partial charge < -0.3 is 10.6 Å². The molecule has 2 aromatic rings. The summed E-state index contributed by atoms with van der Waals surface area (Å²) >= 11 is 6.03. The van der Waals surface area contributed by atoms with Crippen LogP contribution in [-0.4, -0.2) is 42.4 Å². The van der Waals surface area contributed by atoms with Gasteiger partial charge in [-0.2, -0.15) is 5.10 Å². The Morgan fingerprint density at radius 1 is 1.32 bits per heavy atom. The number of sulfonamides is 1. The van der Waals surface area contributed by atoms with E-state index in [9.17, 15) is 13.2 Å². The fraction of sp³-hybridized carbons (Fsp3) is 0.444. The van der Waals surface area contributed by atoms with Gasteiger partial charge in [-0.1, -0.05) is 11.6 Å². The second-order valence-electron chi connectivity index (χ2n) is 7.72. The topological polar surface area (TPSA) is 105 Å². The van der Waals surface area contributed by atoms with Crippen molar-refractivity contribution in [2.24, 2.45) is 0 Å². The van der Waals surface area contributed by atoms with Gasteiger partial charge >= 0.3 is 0 Å². The van der Waals surface area contributed by atoms with Crippen molar-refractivity contribution in [2.45, 2.75) is 38.3 Å². The van der Waals surface area contributed by atoms with Crippen molar-refractivity contribution in [1.82, 2.24) is 15.1 Å². The number of carbonyl (C=O) groups is 1. The van der Waals surface area contributed by atoms with Crippen LogP contribution in [0.4, 0.5) is 11.4 Å². The number of rotatable bonds is 5. The molecule has 1 unspecified atom stereocenters. The molecule has 0 spiro atoms. The molecule has 1 saturated heterocycles. The Hall–Kier alpha value is -2.10. The summed E-state index contributed by atoms with van der Waals surface area (Å²) in [5, 5.41) is 10.9. The monoisotopic (exact) mass is 425 g/mol. The van der Waals surface area contributed by atoms with Crippen LogP contribution in [0.25, 0.3) is 0 Å². The van der Waals surface area contributed by atoms with E-state index < -0.39 is 10.0 Å². The molecule has 2 heterocycles. The van der Waals surface area contributed by atoms with Gasteiger partial charge in [-0.3, -0.25) is 14.2 Å². The minimum atomic E-state index is -3.45. The van der Waals surface area contributed by atoms with E-state index in [1.165, 1.54) is 18.3 Å². The molecule has 1 amide bonds. The zero-order chi connectivity index (χ0) is 20.5. The molecule has 10 heteroatoms. The zero-order valence-corrected chi connectivity index (χ0v) is 17.6. The summed E-state index contributed by atoms with van der Waals surface area (Å²) in [6, 6.07) is 4.75. The molecule has 28 heavy (non-hydrogen) atoms. The molecule has 1 aliphatic heterocycles. The summed E-state index contributed by atoms with van der Waals surface area (Å²) in [7, 11) is -3.45. The molecule has 0 bridgehead atoms. The van der Waals surface area contributed by atoms with Gasteiger partial charge in [-0.15, -0.1) is 0 Å². The first-order valence-electron chi connectivity index (χ1n) is 8.90. The Balaban J connectivity index is 1.73. The number of aromatic nitrogens is 2. The molecular weight excluding hydrogens is 402 g/mol. The second-order valence-corrected chi connectivity index (χ2v) is 9.91. The van der Waals surface area contributed by atoms with E-state index in [0.717, 1.165) is 25.6 Å². The molecular formula is C18H24ClN5O3S. The highest BCUT2D eigenvalue weighted by molar-refractivity contribution is 7.92. The smallest absolute Gasteiger partial charge is 0.258 e. The van der Waals surface area contributed by atoms with Crippen LogP contribution in [0.1, 0.15) is 43.1 Å². The van der Waals surface area contributed by atoms with Crippen molar-refractivity contribution in [2.75, 3.05) is 22.8 Å². The van der Waals surface area contributed by atoms with Crippen LogP contribution in [0.3, 0.4) is 0 Å². The van der Waals surface area contributed by atoms with Crippen molar-refractivity contribution >= 4 is 38.9 Å². The molecule has 1 aliphatic rings. The lowest BCUT2D eigenvalue weighted by Gasteiger charge is -2.36. The summed E-state index contributed by atoms with van der Waals surface area (Å²) in [5.74, 6) is -0.341. The number of carbonyl (C=O) groups excluding carboxylic acids is 1. The predicted octanol–water partition coefficient (Wildman–Crippen LogP) is 2.86. The first kappa shape index (κ1) is 20.6. The number of halogens is 1. The van der Waals surface area contributed by atoms with Gasteiger partial charge in [0.25, 0.3) is 5.91 Å². The quantitative estimate of drug-likeness (QED) is 0.683. The average Bonchev–Trinajstić information content (AvgIpc) is 3.01. The lowest BCUT2D eigenvalue weighted by atomic mass is 9.89. The number of nitrogens with one attached hydrogen (secondary N) is 3. The Labute approximate surface area is 169 Å². The van der Waals surface area contributed by atoms with Gasteiger partial charge in [0.05, 0.1) is 29.7 Å². The van der Waals surface area contributed by atoms with E-state index in [2.05, 4.69) is 34.3 Å². The van der Waals surface area contributed by atoms with Crippen molar-refractivity contribution < 1.29 is 13.2 Å². The van der Waals surface area contributed by atoms with E-state index in [4.69, 9.17) is 11.6 Å². The van der Waals surface area contributed by atoms with E-state index in [1.807, 2.05) is 4.68 Å². The van der Waals surface area contributed by atoms with E-state index in [1.54, 1.807) is 12.3 Å². The molecule has 3 rings (SSSR count). The summed E-state index contributed by atoms with van der Waals surface area (Å²) in [4.78, 5) is 12.6. The fourth-order valence-electron chi connectivity index (χ4n) is 3.36. The summed E-state index contributed by atoms with van der Waals surface area (Å²) < 4.78 is 27.0. The summed E-state index contributed by atoms with van der Waals surface area (Å²) in [6.07, 6.45) is 6.18. The van der Waals surface area contributed by atoms with Crippen molar-refractivity contribution in [3.8, 4) is 0 Å². The highest BCUT2D eigenvalue weighted by atomic mass is 35.5. The van der Waals surface area contributed by atoms with Crippen LogP contribution in [0.2, 0.25) is 5.02 Å². The van der Waals surface area contributed by atoms with Gasteiger partial charge in [0.2, 0.25) is 10.0 Å². The third-order valence-electron chi connectivity index (χ3n) is 4.52. The van der Waals surface area contributed by atoms with E-state index in [0.29, 0.717) is 16.3 Å². The van der Waals surface area contributed by atoms with Crippen molar-refractivity contribution in [1.29, 1.82) is 0 Å². The molecule has 0 radical (unpaired) electrons. The lowest BCUT2D eigenvalue weighted by molar-refractivity contribution is 0.102. The van der Waals surface area contributed by atoms with Gasteiger partial charge in [0.1, 0.15) is 0 Å². The minimum Gasteiger partial charge on any atom is -0.322 e. The van der Waals surface area contributed by atoms with E-state index in [-0.39, 0.29) is 23.2 Å². The number of hydrogen-bond acceptors (Lipinski definition) is 5. The standard InChI is InChI=1S/C18H24ClN5O3S/c1-18(2)9-16(4-5-20-18)24-11-12(10-21-24)17(25)22-14-6-13(19)7-15(8-14)23-28(3,26)27/h6-8,10-11,16,20,23H,4-5,9H2,1-3H3,(H,22,25). The highest BCUT2D eigenvalue weighted by Crippen LogP contribution is 2.28. The number of benzene rings is 1. The average molecular weight is 426 g/mol. The van der Waals surface area contributed by atoms with Gasteiger partial charge in [-0.05, 0) is 51.4 Å². The number of piperidine rings is 1. The fourth-order valence-corrected chi connectivity index (χ4v) is 4.14. The lowest BCUT2D eigenvalue weighted by Crippen LogP contribution is -2.46. The predicted molar refractivity (Wildman–Crippen MR) is 110 cm³/mol. The normalized spacial score (nSPS) is 19.2.